The van der Waals surface area contributed by atoms with E-state index in [-0.39, 0.29) is 11.3 Å². The number of carbonyl (C=O) groups excluding carboxylic acids is 1. The number of nitrogens with two attached hydrogens (primary N) is 1. The van der Waals surface area contributed by atoms with E-state index < -0.39 is 0 Å². The predicted octanol–water partition coefficient (Wildman–Crippen LogP) is 1.97. The molecule has 110 valence electrons. The van der Waals surface area contributed by atoms with Crippen molar-refractivity contribution in [2.75, 3.05) is 13.7 Å². The summed E-state index contributed by atoms with van der Waals surface area (Å²) in [6.07, 6.45) is 4.03. The van der Waals surface area contributed by atoms with E-state index in [0.717, 1.165) is 36.8 Å². The van der Waals surface area contributed by atoms with Gasteiger partial charge in [-0.05, 0) is 24.0 Å². The SMILES string of the molecule is COCc1ccccc1CNC(=O)C1(CN)CCCC1. The Morgan fingerprint density at radius 2 is 1.95 bits per heavy atom. The van der Waals surface area contributed by atoms with Crippen LogP contribution in [-0.4, -0.2) is 19.6 Å². The van der Waals surface area contributed by atoms with E-state index in [1.165, 1.54) is 0 Å². The van der Waals surface area contributed by atoms with E-state index in [0.29, 0.717) is 19.7 Å². The lowest BCUT2D eigenvalue weighted by atomic mass is 9.85. The fourth-order valence-electron chi connectivity index (χ4n) is 2.96. The van der Waals surface area contributed by atoms with Gasteiger partial charge in [0.05, 0.1) is 12.0 Å². The Morgan fingerprint density at radius 3 is 2.55 bits per heavy atom. The van der Waals surface area contributed by atoms with Crippen LogP contribution in [0.2, 0.25) is 0 Å². The van der Waals surface area contributed by atoms with Crippen molar-refractivity contribution in [3.8, 4) is 0 Å². The molecule has 1 amide bonds. The maximum absolute atomic E-state index is 12.4. The zero-order valence-corrected chi connectivity index (χ0v) is 12.2. The molecule has 0 aromatic heterocycles. The molecule has 1 aromatic carbocycles. The second-order valence-corrected chi connectivity index (χ2v) is 5.58. The molecule has 0 saturated heterocycles. The van der Waals surface area contributed by atoms with Crippen molar-refractivity contribution in [3.05, 3.63) is 35.4 Å². The molecule has 0 radical (unpaired) electrons. The molecule has 4 heteroatoms. The molecule has 1 aliphatic rings. The third-order valence-electron chi connectivity index (χ3n) is 4.29. The van der Waals surface area contributed by atoms with Gasteiger partial charge in [-0.15, -0.1) is 0 Å². The minimum absolute atomic E-state index is 0.102. The third kappa shape index (κ3) is 3.19. The van der Waals surface area contributed by atoms with Gasteiger partial charge in [0.2, 0.25) is 5.91 Å². The van der Waals surface area contributed by atoms with E-state index >= 15 is 0 Å². The number of carbonyl (C=O) groups is 1. The highest BCUT2D eigenvalue weighted by atomic mass is 16.5. The molecule has 1 aromatic rings. The largest absolute Gasteiger partial charge is 0.380 e. The zero-order chi connectivity index (χ0) is 14.4. The monoisotopic (exact) mass is 276 g/mol. The van der Waals surface area contributed by atoms with Gasteiger partial charge in [-0.2, -0.15) is 0 Å². The van der Waals surface area contributed by atoms with Gasteiger partial charge < -0.3 is 15.8 Å². The van der Waals surface area contributed by atoms with Crippen molar-refractivity contribution in [1.82, 2.24) is 5.32 Å². The molecule has 4 nitrogen and oxygen atoms in total. The van der Waals surface area contributed by atoms with E-state index in [9.17, 15) is 4.79 Å². The molecule has 0 atom stereocenters. The first kappa shape index (κ1) is 15.0. The Labute approximate surface area is 120 Å². The maximum Gasteiger partial charge on any atom is 0.227 e. The molecule has 0 unspecified atom stereocenters. The topological polar surface area (TPSA) is 64.3 Å². The van der Waals surface area contributed by atoms with Crippen molar-refractivity contribution in [3.63, 3.8) is 0 Å². The first-order valence-corrected chi connectivity index (χ1v) is 7.26. The number of nitrogens with one attached hydrogen (secondary N) is 1. The van der Waals surface area contributed by atoms with Crippen LogP contribution in [0.15, 0.2) is 24.3 Å². The molecular formula is C16H24N2O2. The summed E-state index contributed by atoms with van der Waals surface area (Å²) in [5.41, 5.74) is 7.72. The lowest BCUT2D eigenvalue weighted by Gasteiger charge is -2.26. The van der Waals surface area contributed by atoms with E-state index in [4.69, 9.17) is 10.5 Å². The predicted molar refractivity (Wildman–Crippen MR) is 79.0 cm³/mol. The molecule has 0 spiro atoms. The summed E-state index contributed by atoms with van der Waals surface area (Å²) in [6, 6.07) is 8.02. The summed E-state index contributed by atoms with van der Waals surface area (Å²) >= 11 is 0. The van der Waals surface area contributed by atoms with Gasteiger partial charge in [0.25, 0.3) is 0 Å². The number of benzene rings is 1. The van der Waals surface area contributed by atoms with Gasteiger partial charge in [-0.1, -0.05) is 37.1 Å². The lowest BCUT2D eigenvalue weighted by molar-refractivity contribution is -0.130. The third-order valence-corrected chi connectivity index (χ3v) is 4.29. The van der Waals surface area contributed by atoms with Gasteiger partial charge in [0.1, 0.15) is 0 Å². The van der Waals surface area contributed by atoms with Crippen molar-refractivity contribution < 1.29 is 9.53 Å². The van der Waals surface area contributed by atoms with Gasteiger partial charge in [0, 0.05) is 20.2 Å². The van der Waals surface area contributed by atoms with Gasteiger partial charge in [-0.3, -0.25) is 4.79 Å². The molecule has 2 rings (SSSR count). The summed E-state index contributed by atoms with van der Waals surface area (Å²) in [6.45, 7) is 1.55. The van der Waals surface area contributed by atoms with Gasteiger partial charge in [0.15, 0.2) is 0 Å². The number of rotatable bonds is 6. The van der Waals surface area contributed by atoms with Crippen LogP contribution in [-0.2, 0) is 22.7 Å². The van der Waals surface area contributed by atoms with Crippen LogP contribution in [0.3, 0.4) is 0 Å². The number of hydrogen-bond acceptors (Lipinski definition) is 3. The number of amides is 1. The molecule has 0 aliphatic heterocycles. The molecule has 0 bridgehead atoms. The number of methoxy groups -OCH3 is 1. The second-order valence-electron chi connectivity index (χ2n) is 5.58. The number of hydrogen-bond donors (Lipinski definition) is 2. The van der Waals surface area contributed by atoms with Crippen LogP contribution in [0, 0.1) is 5.41 Å². The van der Waals surface area contributed by atoms with Crippen molar-refractivity contribution >= 4 is 5.91 Å². The van der Waals surface area contributed by atoms with Crippen LogP contribution in [0.1, 0.15) is 36.8 Å². The van der Waals surface area contributed by atoms with Crippen LogP contribution >= 0.6 is 0 Å². The maximum atomic E-state index is 12.4. The Bertz CT molecular complexity index is 454. The van der Waals surface area contributed by atoms with Crippen LogP contribution < -0.4 is 11.1 Å². The highest BCUT2D eigenvalue weighted by molar-refractivity contribution is 5.83. The van der Waals surface area contributed by atoms with Gasteiger partial charge >= 0.3 is 0 Å². The fraction of sp³-hybridized carbons (Fsp3) is 0.562. The van der Waals surface area contributed by atoms with E-state index in [1.54, 1.807) is 7.11 Å². The first-order chi connectivity index (χ1) is 9.72. The summed E-state index contributed by atoms with van der Waals surface area (Å²) in [4.78, 5) is 12.4. The first-order valence-electron chi connectivity index (χ1n) is 7.26. The normalized spacial score (nSPS) is 17.1. The Kier molecular flexibility index (Phi) is 5.15. The summed E-state index contributed by atoms with van der Waals surface area (Å²) in [5, 5.41) is 3.06. The fourth-order valence-corrected chi connectivity index (χ4v) is 2.96. The average Bonchev–Trinajstić information content (AvgIpc) is 2.96. The van der Waals surface area contributed by atoms with E-state index in [1.807, 2.05) is 24.3 Å². The minimum atomic E-state index is -0.337. The molecular weight excluding hydrogens is 252 g/mol. The smallest absolute Gasteiger partial charge is 0.227 e. The van der Waals surface area contributed by atoms with E-state index in [2.05, 4.69) is 5.32 Å². The Hall–Kier alpha value is -1.39. The standard InChI is InChI=1S/C16H24N2O2/c1-20-11-14-7-3-2-6-13(14)10-18-15(19)16(12-17)8-4-5-9-16/h2-3,6-7H,4-5,8-12,17H2,1H3,(H,18,19). The highest BCUT2D eigenvalue weighted by Gasteiger charge is 2.39. The average molecular weight is 276 g/mol. The minimum Gasteiger partial charge on any atom is -0.380 e. The lowest BCUT2D eigenvalue weighted by Crippen LogP contribution is -2.43. The number of ether oxygens (including phenoxy) is 1. The highest BCUT2D eigenvalue weighted by Crippen LogP contribution is 2.37. The summed E-state index contributed by atoms with van der Waals surface area (Å²) in [5.74, 6) is 0.102. The summed E-state index contributed by atoms with van der Waals surface area (Å²) in [7, 11) is 1.68. The van der Waals surface area contributed by atoms with Crippen molar-refractivity contribution in [2.24, 2.45) is 11.1 Å². The Morgan fingerprint density at radius 1 is 1.30 bits per heavy atom. The second kappa shape index (κ2) is 6.86. The Balaban J connectivity index is 1.99. The molecule has 3 N–H and O–H groups in total. The van der Waals surface area contributed by atoms with Gasteiger partial charge in [-0.25, -0.2) is 0 Å². The van der Waals surface area contributed by atoms with Crippen LogP contribution in [0.25, 0.3) is 0 Å². The quantitative estimate of drug-likeness (QED) is 0.835. The molecule has 20 heavy (non-hydrogen) atoms. The van der Waals surface area contributed by atoms with Crippen molar-refractivity contribution in [2.45, 2.75) is 38.8 Å². The molecule has 0 heterocycles. The van der Waals surface area contributed by atoms with Crippen LogP contribution in [0.4, 0.5) is 0 Å². The molecule has 1 saturated carbocycles. The van der Waals surface area contributed by atoms with Crippen molar-refractivity contribution in [1.29, 1.82) is 0 Å². The van der Waals surface area contributed by atoms with Crippen LogP contribution in [0.5, 0.6) is 0 Å². The molecule has 1 aliphatic carbocycles. The zero-order valence-electron chi connectivity index (χ0n) is 12.2. The molecule has 1 fully saturated rings. The summed E-state index contributed by atoms with van der Waals surface area (Å²) < 4.78 is 5.18.